The molecule has 190 valence electrons. The molecular weight excluding hydrogens is 457 g/mol. The Labute approximate surface area is 204 Å². The molecule has 2 N–H and O–H groups in total. The van der Waals surface area contributed by atoms with Crippen LogP contribution in [0.5, 0.6) is 5.75 Å². The molecule has 4 rings (SSSR count). The lowest BCUT2D eigenvalue weighted by Crippen LogP contribution is -2.57. The third kappa shape index (κ3) is 5.46. The maximum atomic E-state index is 13.0. The Morgan fingerprint density at radius 3 is 2.63 bits per heavy atom. The van der Waals surface area contributed by atoms with Crippen LogP contribution < -0.4 is 10.5 Å². The number of fused-ring (bicyclic) bond motifs is 1. The van der Waals surface area contributed by atoms with Crippen LogP contribution >= 0.6 is 0 Å². The molecule has 35 heavy (non-hydrogen) atoms. The largest absolute Gasteiger partial charge is 0.493 e. The Hall–Kier alpha value is -2.65. The zero-order valence-corrected chi connectivity index (χ0v) is 20.3. The highest BCUT2D eigenvalue weighted by Crippen LogP contribution is 2.39. The van der Waals surface area contributed by atoms with Crippen molar-refractivity contribution in [2.24, 2.45) is 5.73 Å². The van der Waals surface area contributed by atoms with E-state index in [4.69, 9.17) is 10.5 Å². The number of pyridine rings is 1. The monoisotopic (exact) mass is 490 g/mol. The number of halogens is 3. The lowest BCUT2D eigenvalue weighted by atomic mass is 9.86. The highest BCUT2D eigenvalue weighted by Gasteiger charge is 2.38. The summed E-state index contributed by atoms with van der Waals surface area (Å²) in [6.07, 6.45) is 0.434. The van der Waals surface area contributed by atoms with Crippen LogP contribution in [-0.4, -0.2) is 59.5 Å². The number of nitrogens with zero attached hydrogens (tertiary/aromatic N) is 3. The van der Waals surface area contributed by atoms with Crippen molar-refractivity contribution in [3.8, 4) is 5.75 Å². The van der Waals surface area contributed by atoms with Gasteiger partial charge in [-0.25, -0.2) is 0 Å². The number of ether oxygens (including phenoxy) is 1. The first-order chi connectivity index (χ1) is 16.7. The Bertz CT molecular complexity index is 1040. The number of nitrogens with two attached hydrogens (primary N) is 1. The molecule has 0 unspecified atom stereocenters. The van der Waals surface area contributed by atoms with Gasteiger partial charge in [0.05, 0.1) is 12.2 Å². The number of alkyl halides is 3. The normalized spacial score (nSPS) is 21.0. The summed E-state index contributed by atoms with van der Waals surface area (Å²) in [5.74, 6) is 0.631. The number of aromatic nitrogens is 1. The summed E-state index contributed by atoms with van der Waals surface area (Å²) < 4.78 is 44.3. The first-order valence-electron chi connectivity index (χ1n) is 12.2. The fourth-order valence-corrected chi connectivity index (χ4v) is 5.24. The molecule has 1 aromatic heterocycles. The van der Waals surface area contributed by atoms with E-state index in [0.717, 1.165) is 55.8 Å². The van der Waals surface area contributed by atoms with Crippen molar-refractivity contribution in [3.63, 3.8) is 0 Å². The second kappa shape index (κ2) is 10.5. The van der Waals surface area contributed by atoms with Gasteiger partial charge in [-0.05, 0) is 81.0 Å². The molecule has 1 aromatic carbocycles. The highest BCUT2D eigenvalue weighted by molar-refractivity contribution is 5.94. The smallest absolute Gasteiger partial charge is 0.433 e. The predicted octanol–water partition coefficient (Wildman–Crippen LogP) is 4.50. The fourth-order valence-electron chi connectivity index (χ4n) is 5.24. The molecule has 0 aliphatic carbocycles. The summed E-state index contributed by atoms with van der Waals surface area (Å²) in [6.45, 7) is 7.25. The predicted molar refractivity (Wildman–Crippen MR) is 127 cm³/mol. The van der Waals surface area contributed by atoms with Gasteiger partial charge in [0.25, 0.3) is 5.91 Å². The average molecular weight is 491 g/mol. The quantitative estimate of drug-likeness (QED) is 0.604. The minimum Gasteiger partial charge on any atom is -0.493 e. The zero-order chi connectivity index (χ0) is 25.2. The Balaban J connectivity index is 1.45. The van der Waals surface area contributed by atoms with Crippen molar-refractivity contribution in [2.45, 2.75) is 57.8 Å². The minimum atomic E-state index is -4.52. The number of hydrogen-bond acceptors (Lipinski definition) is 5. The number of carbonyl (C=O) groups excluding carboxylic acids is 1. The minimum absolute atomic E-state index is 0.190. The van der Waals surface area contributed by atoms with Gasteiger partial charge in [-0.15, -0.1) is 0 Å². The van der Waals surface area contributed by atoms with Crippen LogP contribution in [0.2, 0.25) is 0 Å². The van der Waals surface area contributed by atoms with Gasteiger partial charge in [-0.1, -0.05) is 6.07 Å². The standard InChI is InChI=1S/C26H33F3N4O2/c1-17-18(2)23(35-14-4-11-30)9-8-21(17)22-6-3-5-20-16-32(12-13-33(20)22)25(34)19-7-10-24(31-15-19)26(27,28)29/h7-10,15,20,22H,3-6,11-14,16,30H2,1-2H3/t20-,22+/m0/s1. The highest BCUT2D eigenvalue weighted by atomic mass is 19.4. The fraction of sp³-hybridized carbons (Fsp3) is 0.538. The van der Waals surface area contributed by atoms with Crippen LogP contribution in [0.3, 0.4) is 0 Å². The Morgan fingerprint density at radius 1 is 1.14 bits per heavy atom. The molecule has 2 aliphatic heterocycles. The van der Waals surface area contributed by atoms with E-state index in [-0.39, 0.29) is 23.6 Å². The van der Waals surface area contributed by atoms with Crippen LogP contribution in [0, 0.1) is 13.8 Å². The molecule has 2 atom stereocenters. The summed E-state index contributed by atoms with van der Waals surface area (Å²) in [4.78, 5) is 20.7. The van der Waals surface area contributed by atoms with Gasteiger partial charge in [0, 0.05) is 37.9 Å². The van der Waals surface area contributed by atoms with E-state index in [1.807, 2.05) is 0 Å². The van der Waals surface area contributed by atoms with Crippen LogP contribution in [0.1, 0.15) is 64.5 Å². The molecule has 2 saturated heterocycles. The van der Waals surface area contributed by atoms with Crippen LogP contribution in [-0.2, 0) is 6.18 Å². The molecule has 2 fully saturated rings. The van der Waals surface area contributed by atoms with E-state index in [1.54, 1.807) is 4.90 Å². The van der Waals surface area contributed by atoms with Crippen LogP contribution in [0.4, 0.5) is 13.2 Å². The number of piperidine rings is 1. The zero-order valence-electron chi connectivity index (χ0n) is 20.3. The maximum Gasteiger partial charge on any atom is 0.433 e. The van der Waals surface area contributed by atoms with Gasteiger partial charge >= 0.3 is 6.18 Å². The molecule has 2 aliphatic rings. The van der Waals surface area contributed by atoms with Crippen LogP contribution in [0.25, 0.3) is 0 Å². The van der Waals surface area contributed by atoms with Crippen molar-refractivity contribution in [3.05, 3.63) is 58.4 Å². The topological polar surface area (TPSA) is 71.7 Å². The second-order valence-electron chi connectivity index (χ2n) is 9.41. The first kappa shape index (κ1) is 25.4. The lowest BCUT2D eigenvalue weighted by Gasteiger charge is -2.48. The Morgan fingerprint density at radius 2 is 1.94 bits per heavy atom. The summed E-state index contributed by atoms with van der Waals surface area (Å²) in [7, 11) is 0. The van der Waals surface area contributed by atoms with Gasteiger partial charge < -0.3 is 15.4 Å². The number of rotatable bonds is 6. The summed E-state index contributed by atoms with van der Waals surface area (Å²) >= 11 is 0. The van der Waals surface area contributed by atoms with Gasteiger partial charge in [-0.2, -0.15) is 13.2 Å². The molecule has 1 amide bonds. The molecule has 3 heterocycles. The Kier molecular flexibility index (Phi) is 7.66. The molecule has 9 heteroatoms. The number of piperazine rings is 1. The van der Waals surface area contributed by atoms with E-state index < -0.39 is 11.9 Å². The molecule has 0 bridgehead atoms. The van der Waals surface area contributed by atoms with E-state index in [9.17, 15) is 18.0 Å². The lowest BCUT2D eigenvalue weighted by molar-refractivity contribution is -0.141. The number of carbonyl (C=O) groups is 1. The maximum absolute atomic E-state index is 13.0. The summed E-state index contributed by atoms with van der Waals surface area (Å²) in [5, 5.41) is 0. The molecule has 6 nitrogen and oxygen atoms in total. The van der Waals surface area contributed by atoms with Crippen molar-refractivity contribution in [2.75, 3.05) is 32.8 Å². The second-order valence-corrected chi connectivity index (χ2v) is 9.41. The van der Waals surface area contributed by atoms with Crippen molar-refractivity contribution < 1.29 is 22.7 Å². The van der Waals surface area contributed by atoms with E-state index >= 15 is 0 Å². The third-order valence-corrected chi connectivity index (χ3v) is 7.28. The van der Waals surface area contributed by atoms with Gasteiger partial charge in [0.15, 0.2) is 0 Å². The van der Waals surface area contributed by atoms with Gasteiger partial charge in [0.2, 0.25) is 0 Å². The van der Waals surface area contributed by atoms with E-state index in [2.05, 4.69) is 35.9 Å². The summed E-state index contributed by atoms with van der Waals surface area (Å²) in [5.41, 5.74) is 8.45. The molecule has 0 saturated carbocycles. The van der Waals surface area contributed by atoms with E-state index in [0.29, 0.717) is 26.2 Å². The first-order valence-corrected chi connectivity index (χ1v) is 12.2. The molecular formula is C26H33F3N4O2. The average Bonchev–Trinajstić information content (AvgIpc) is 2.85. The molecule has 0 spiro atoms. The van der Waals surface area contributed by atoms with Crippen molar-refractivity contribution >= 4 is 5.91 Å². The van der Waals surface area contributed by atoms with Crippen molar-refractivity contribution in [1.82, 2.24) is 14.8 Å². The number of hydrogen-bond donors (Lipinski definition) is 1. The van der Waals surface area contributed by atoms with E-state index in [1.165, 1.54) is 17.2 Å². The number of amides is 1. The van der Waals surface area contributed by atoms with Gasteiger partial charge in [0.1, 0.15) is 11.4 Å². The van der Waals surface area contributed by atoms with Crippen molar-refractivity contribution in [1.29, 1.82) is 0 Å². The van der Waals surface area contributed by atoms with Crippen LogP contribution in [0.15, 0.2) is 30.5 Å². The third-order valence-electron chi connectivity index (χ3n) is 7.28. The van der Waals surface area contributed by atoms with Gasteiger partial charge in [-0.3, -0.25) is 14.7 Å². The summed E-state index contributed by atoms with van der Waals surface area (Å²) in [6, 6.07) is 6.80. The molecule has 0 radical (unpaired) electrons. The SMILES string of the molecule is Cc1c(OCCCN)ccc([C@H]2CCC[C@H]3CN(C(=O)c4ccc(C(F)(F)F)nc4)CCN32)c1C. The molecule has 2 aromatic rings. The number of benzene rings is 1.